The van der Waals surface area contributed by atoms with Crippen LogP contribution in [0, 0.1) is 10.1 Å². The molecule has 0 aliphatic heterocycles. The van der Waals surface area contributed by atoms with Gasteiger partial charge in [0.05, 0.1) is 11.5 Å². The van der Waals surface area contributed by atoms with Crippen LogP contribution in [-0.2, 0) is 32.0 Å². The third-order valence-electron chi connectivity index (χ3n) is 3.50. The molecule has 0 unspecified atom stereocenters. The Morgan fingerprint density at radius 1 is 0.941 bits per heavy atom. The molecule has 2 aromatic carbocycles. The Hall–Kier alpha value is -3.79. The largest absolute Gasteiger partial charge is 0.481 e. The zero-order chi connectivity index (χ0) is 26.8. The van der Waals surface area contributed by atoms with Gasteiger partial charge in [-0.15, -0.1) is 0 Å². The fourth-order valence-corrected chi connectivity index (χ4v) is 2.11. The number of nitro groups is 1. The van der Waals surface area contributed by atoms with Crippen molar-refractivity contribution in [3.05, 3.63) is 75.8 Å². The van der Waals surface area contributed by atoms with Gasteiger partial charge in [-0.05, 0) is 32.4 Å². The second-order valence-electron chi connectivity index (χ2n) is 5.71. The van der Waals surface area contributed by atoms with Crippen LogP contribution in [0.4, 0.5) is 5.69 Å². The van der Waals surface area contributed by atoms with Gasteiger partial charge in [-0.1, -0.05) is 62.4 Å². The number of nitro benzene ring substituents is 1. The van der Waals surface area contributed by atoms with Crippen LogP contribution in [0.15, 0.2) is 54.6 Å². The summed E-state index contributed by atoms with van der Waals surface area (Å²) < 4.78 is 4.15. The first-order valence-corrected chi connectivity index (χ1v) is 10.6. The number of carbonyl (C=O) groups excluding carboxylic acids is 1. The summed E-state index contributed by atoms with van der Waals surface area (Å²) in [4.78, 5) is 39.7. The van der Waals surface area contributed by atoms with E-state index in [0.717, 1.165) is 5.56 Å². The van der Waals surface area contributed by atoms with Crippen molar-refractivity contribution in [2.24, 2.45) is 5.73 Å². The third-order valence-corrected chi connectivity index (χ3v) is 3.50. The number of nitrogens with two attached hydrogens (primary N) is 1. The monoisotopic (exact) mass is 480 g/mol. The van der Waals surface area contributed by atoms with E-state index in [2.05, 4.69) is 10.5 Å². The number of nitrogens with zero attached hydrogens (tertiary/aromatic N) is 1. The molecule has 0 aliphatic rings. The van der Waals surface area contributed by atoms with Gasteiger partial charge in [0.1, 0.15) is 0 Å². The Morgan fingerprint density at radius 3 is 1.82 bits per heavy atom. The van der Waals surface area contributed by atoms with Crippen molar-refractivity contribution in [1.82, 2.24) is 0 Å². The summed E-state index contributed by atoms with van der Waals surface area (Å²) in [6, 6.07) is 15.8. The van der Waals surface area contributed by atoms with Crippen LogP contribution in [0.25, 0.3) is 0 Å². The van der Waals surface area contributed by atoms with Gasteiger partial charge in [-0.3, -0.25) is 24.5 Å². The van der Waals surface area contributed by atoms with E-state index in [1.165, 1.54) is 13.1 Å². The second-order valence-corrected chi connectivity index (χ2v) is 5.71. The molecule has 10 nitrogen and oxygen atoms in total. The van der Waals surface area contributed by atoms with Gasteiger partial charge in [0.25, 0.3) is 12.2 Å². The minimum absolute atomic E-state index is 0.0197. The highest BCUT2D eigenvalue weighted by atomic mass is 16.6. The van der Waals surface area contributed by atoms with E-state index in [1.54, 1.807) is 25.1 Å². The van der Waals surface area contributed by atoms with Crippen molar-refractivity contribution >= 4 is 24.1 Å². The number of rotatable bonds is 9. The van der Waals surface area contributed by atoms with Crippen molar-refractivity contribution in [2.45, 2.75) is 46.5 Å². The van der Waals surface area contributed by atoms with E-state index < -0.39 is 16.9 Å². The number of benzene rings is 2. The smallest absolute Gasteiger partial charge is 0.303 e. The predicted molar refractivity (Wildman–Crippen MR) is 131 cm³/mol. The summed E-state index contributed by atoms with van der Waals surface area (Å²) >= 11 is 0. The molecule has 0 atom stereocenters. The number of carboxylic acids is 2. The number of hydrogen-bond donors (Lipinski definition) is 3. The zero-order valence-corrected chi connectivity index (χ0v) is 20.2. The molecule has 0 bridgehead atoms. The molecule has 0 spiro atoms. The third kappa shape index (κ3) is 21.4. The highest BCUT2D eigenvalue weighted by Gasteiger charge is 2.12. The first-order chi connectivity index (χ1) is 16.3. The Morgan fingerprint density at radius 2 is 1.41 bits per heavy atom. The summed E-state index contributed by atoms with van der Waals surface area (Å²) in [5.41, 5.74) is 6.02. The van der Waals surface area contributed by atoms with Crippen LogP contribution in [0.2, 0.25) is 0 Å². The van der Waals surface area contributed by atoms with Crippen molar-refractivity contribution in [2.75, 3.05) is 13.7 Å². The molecule has 0 aromatic heterocycles. The molecule has 2 rings (SSSR count). The van der Waals surface area contributed by atoms with Crippen molar-refractivity contribution < 1.29 is 34.3 Å². The maximum atomic E-state index is 10.5. The number of hydrogen-bond acceptors (Lipinski definition) is 7. The number of aliphatic carboxylic acids is 2. The van der Waals surface area contributed by atoms with Gasteiger partial charge in [0.15, 0.2) is 0 Å². The minimum Gasteiger partial charge on any atom is -0.481 e. The molecule has 0 saturated carbocycles. The van der Waals surface area contributed by atoms with Gasteiger partial charge < -0.3 is 20.7 Å². The number of ether oxygens (including phenoxy) is 1. The highest BCUT2D eigenvalue weighted by Crippen LogP contribution is 2.18. The summed E-state index contributed by atoms with van der Waals surface area (Å²) in [7, 11) is 1.50. The number of carbonyl (C=O) groups is 3. The normalized spacial score (nSPS) is 8.38. The fourth-order valence-electron chi connectivity index (χ4n) is 2.11. The molecule has 190 valence electrons. The standard InChI is InChI=1S/C9H9NO4.C9H10O2.C3H6O2.C2H6.CH5N/c11-9(12)6-5-7-3-1-2-4-8(7)10(13)14;10-9(11)7-6-8-4-2-1-3-5-8;1-2-5-3-4;2*1-2/h1-4H,5-6H2,(H,11,12);1-5H,6-7H2,(H,10,11);3H,2H2,1H3;1-2H3;2H2,1H3. The highest BCUT2D eigenvalue weighted by molar-refractivity contribution is 5.67. The minimum atomic E-state index is -0.955. The summed E-state index contributed by atoms with van der Waals surface area (Å²) in [5, 5.41) is 27.3. The molecular formula is C24H36N2O8. The van der Waals surface area contributed by atoms with Crippen LogP contribution < -0.4 is 5.73 Å². The lowest BCUT2D eigenvalue weighted by Crippen LogP contribution is -2.00. The van der Waals surface area contributed by atoms with Gasteiger partial charge >= 0.3 is 11.9 Å². The van der Waals surface area contributed by atoms with Crippen molar-refractivity contribution in [3.63, 3.8) is 0 Å². The first kappa shape index (κ1) is 34.8. The summed E-state index contributed by atoms with van der Waals surface area (Å²) in [5.74, 6) is -1.70. The number of para-hydroxylation sites is 1. The zero-order valence-electron chi connectivity index (χ0n) is 20.2. The molecule has 0 saturated heterocycles. The Balaban J connectivity index is -0.000000427. The molecule has 34 heavy (non-hydrogen) atoms. The molecule has 0 radical (unpaired) electrons. The van der Waals surface area contributed by atoms with Crippen molar-refractivity contribution in [1.29, 1.82) is 0 Å². The first-order valence-electron chi connectivity index (χ1n) is 10.6. The molecular weight excluding hydrogens is 444 g/mol. The average Bonchev–Trinajstić information content (AvgIpc) is 2.86. The van der Waals surface area contributed by atoms with Crippen LogP contribution in [0.3, 0.4) is 0 Å². The van der Waals surface area contributed by atoms with E-state index in [1.807, 2.05) is 44.2 Å². The van der Waals surface area contributed by atoms with Crippen LogP contribution in [0.5, 0.6) is 0 Å². The Kier molecular flexibility index (Phi) is 26.1. The molecule has 4 N–H and O–H groups in total. The Bertz CT molecular complexity index is 799. The van der Waals surface area contributed by atoms with Gasteiger partial charge in [0, 0.05) is 24.5 Å². The van der Waals surface area contributed by atoms with E-state index in [0.29, 0.717) is 25.1 Å². The topological polar surface area (TPSA) is 170 Å². The number of aryl methyl sites for hydroxylation is 2. The Labute approximate surface area is 200 Å². The van der Waals surface area contributed by atoms with Crippen molar-refractivity contribution in [3.8, 4) is 0 Å². The maximum absolute atomic E-state index is 10.5. The lowest BCUT2D eigenvalue weighted by molar-refractivity contribution is -0.385. The molecule has 0 amide bonds. The quantitative estimate of drug-likeness (QED) is 0.271. The average molecular weight is 481 g/mol. The van der Waals surface area contributed by atoms with Crippen LogP contribution in [-0.4, -0.2) is 47.2 Å². The van der Waals surface area contributed by atoms with E-state index in [4.69, 9.17) is 10.2 Å². The predicted octanol–water partition coefficient (Wildman–Crippen LogP) is 4.10. The van der Waals surface area contributed by atoms with Gasteiger partial charge in [-0.25, -0.2) is 0 Å². The van der Waals surface area contributed by atoms with Crippen LogP contribution >= 0.6 is 0 Å². The summed E-state index contributed by atoms with van der Waals surface area (Å²) in [6.45, 7) is 6.66. The van der Waals surface area contributed by atoms with Crippen LogP contribution in [0.1, 0.15) is 44.7 Å². The SMILES string of the molecule is CC.CCOC=O.CN.O=C(O)CCc1ccccc1.O=C(O)CCc1ccccc1[N+](=O)[O-]. The molecule has 0 aliphatic carbocycles. The summed E-state index contributed by atoms with van der Waals surface area (Å²) in [6.07, 6.45) is 0.928. The lowest BCUT2D eigenvalue weighted by atomic mass is 10.1. The molecule has 2 aromatic rings. The second kappa shape index (κ2) is 25.5. The number of carboxylic acid groups (broad SMARTS) is 2. The molecule has 0 heterocycles. The van der Waals surface area contributed by atoms with E-state index in [-0.39, 0.29) is 24.9 Å². The fraction of sp³-hybridized carbons (Fsp3) is 0.375. The van der Waals surface area contributed by atoms with E-state index >= 15 is 0 Å². The van der Waals surface area contributed by atoms with E-state index in [9.17, 15) is 24.5 Å². The van der Waals surface area contributed by atoms with Gasteiger partial charge in [0.2, 0.25) is 0 Å². The molecule has 10 heteroatoms. The lowest BCUT2D eigenvalue weighted by Gasteiger charge is -1.99. The maximum Gasteiger partial charge on any atom is 0.303 e. The van der Waals surface area contributed by atoms with Gasteiger partial charge in [-0.2, -0.15) is 0 Å². The molecule has 0 fully saturated rings.